The van der Waals surface area contributed by atoms with Gasteiger partial charge >= 0.3 is 0 Å². The third kappa shape index (κ3) is 5.08. The molecule has 1 fully saturated rings. The van der Waals surface area contributed by atoms with E-state index in [0.717, 1.165) is 75.2 Å². The lowest BCUT2D eigenvalue weighted by Gasteiger charge is -2.26. The van der Waals surface area contributed by atoms with Crippen molar-refractivity contribution in [3.63, 3.8) is 0 Å². The van der Waals surface area contributed by atoms with Crippen LogP contribution < -0.4 is 0 Å². The van der Waals surface area contributed by atoms with Crippen LogP contribution in [0.5, 0.6) is 0 Å². The number of halogens is 1. The third-order valence-corrected chi connectivity index (χ3v) is 7.57. The molecular formula is C33H32FN5. The Bertz CT molecular complexity index is 1710. The SMILES string of the molecule is C=C/C(=C\C(=C/C)c1ccc2[nH]nc(-c3cc4c(-c5cccc(F)c5)nccc4[nH]3)c2c1)CN1CCCCC1. The van der Waals surface area contributed by atoms with Gasteiger partial charge in [0.2, 0.25) is 0 Å². The monoisotopic (exact) mass is 517 g/mol. The van der Waals surface area contributed by atoms with Crippen LogP contribution >= 0.6 is 0 Å². The van der Waals surface area contributed by atoms with Crippen molar-refractivity contribution in [2.45, 2.75) is 26.2 Å². The van der Waals surface area contributed by atoms with E-state index < -0.39 is 0 Å². The molecule has 0 radical (unpaired) electrons. The van der Waals surface area contributed by atoms with Gasteiger partial charge in [-0.15, -0.1) is 0 Å². The van der Waals surface area contributed by atoms with Crippen LogP contribution in [0, 0.1) is 5.82 Å². The van der Waals surface area contributed by atoms with Gasteiger partial charge < -0.3 is 4.98 Å². The van der Waals surface area contributed by atoms with Gasteiger partial charge in [-0.25, -0.2) is 4.39 Å². The zero-order valence-electron chi connectivity index (χ0n) is 22.2. The van der Waals surface area contributed by atoms with E-state index in [9.17, 15) is 4.39 Å². The lowest BCUT2D eigenvalue weighted by molar-refractivity contribution is 0.248. The second-order valence-corrected chi connectivity index (χ2v) is 10.2. The summed E-state index contributed by atoms with van der Waals surface area (Å²) in [5.74, 6) is -0.280. The van der Waals surface area contributed by atoms with Gasteiger partial charge in [0.25, 0.3) is 0 Å². The molecule has 6 rings (SSSR count). The molecule has 0 atom stereocenters. The minimum absolute atomic E-state index is 0.280. The Morgan fingerprint density at radius 1 is 1.00 bits per heavy atom. The molecule has 1 aliphatic heterocycles. The highest BCUT2D eigenvalue weighted by molar-refractivity contribution is 6.00. The van der Waals surface area contributed by atoms with Gasteiger partial charge in [0, 0.05) is 34.6 Å². The molecule has 0 saturated carbocycles. The summed E-state index contributed by atoms with van der Waals surface area (Å²) in [5.41, 5.74) is 8.61. The van der Waals surface area contributed by atoms with E-state index in [1.54, 1.807) is 12.3 Å². The van der Waals surface area contributed by atoms with Crippen molar-refractivity contribution in [2.75, 3.05) is 19.6 Å². The molecule has 2 N–H and O–H groups in total. The summed E-state index contributed by atoms with van der Waals surface area (Å²) >= 11 is 0. The van der Waals surface area contributed by atoms with Gasteiger partial charge in [-0.1, -0.05) is 49.4 Å². The van der Waals surface area contributed by atoms with Crippen molar-refractivity contribution in [2.24, 2.45) is 0 Å². The first kappa shape index (κ1) is 25.0. The van der Waals surface area contributed by atoms with E-state index >= 15 is 0 Å². The maximum absolute atomic E-state index is 13.9. The molecule has 0 spiro atoms. The van der Waals surface area contributed by atoms with Gasteiger partial charge in [0.1, 0.15) is 11.5 Å². The Hall–Kier alpha value is -4.29. The molecule has 5 nitrogen and oxygen atoms in total. The number of hydrogen-bond acceptors (Lipinski definition) is 3. The molecule has 5 aromatic rings. The highest BCUT2D eigenvalue weighted by atomic mass is 19.1. The van der Waals surface area contributed by atoms with Crippen molar-refractivity contribution in [3.05, 3.63) is 103 Å². The van der Waals surface area contributed by atoms with Crippen LogP contribution in [0.15, 0.2) is 91.2 Å². The van der Waals surface area contributed by atoms with Crippen molar-refractivity contribution >= 4 is 27.4 Å². The minimum Gasteiger partial charge on any atom is -0.353 e. The molecule has 6 heteroatoms. The van der Waals surface area contributed by atoms with E-state index in [2.05, 4.69) is 75.0 Å². The summed E-state index contributed by atoms with van der Waals surface area (Å²) in [6.07, 6.45) is 12.0. The predicted octanol–water partition coefficient (Wildman–Crippen LogP) is 7.91. The molecule has 1 aliphatic rings. The fourth-order valence-corrected chi connectivity index (χ4v) is 5.52. The average molecular weight is 518 g/mol. The fourth-order valence-electron chi connectivity index (χ4n) is 5.52. The van der Waals surface area contributed by atoms with Crippen LogP contribution in [-0.2, 0) is 0 Å². The van der Waals surface area contributed by atoms with Gasteiger partial charge in [0.05, 0.1) is 16.9 Å². The first-order valence-electron chi connectivity index (χ1n) is 13.6. The topological polar surface area (TPSA) is 60.6 Å². The van der Waals surface area contributed by atoms with Crippen molar-refractivity contribution in [3.8, 4) is 22.6 Å². The molecule has 1 saturated heterocycles. The zero-order valence-corrected chi connectivity index (χ0v) is 22.2. The molecule has 0 amide bonds. The number of fused-ring (bicyclic) bond motifs is 2. The van der Waals surface area contributed by atoms with E-state index in [0.29, 0.717) is 0 Å². The second kappa shape index (κ2) is 10.8. The molecule has 4 heterocycles. The standard InChI is InChI=1S/C33H32FN5/c1-3-22(21-39-15-6-5-7-16-39)17-23(4-2)24-11-12-30-27(19-24)33(38-37-30)31-20-28-29(36-31)13-14-35-32(28)25-9-8-10-26(34)18-25/h3-4,8-14,17-20,36H,1,5-7,15-16,21H2,2H3,(H,37,38)/b22-17+,23-4+. The maximum atomic E-state index is 13.9. The summed E-state index contributed by atoms with van der Waals surface area (Å²) in [5, 5.41) is 9.80. The largest absolute Gasteiger partial charge is 0.353 e. The van der Waals surface area contributed by atoms with Crippen LogP contribution in [0.2, 0.25) is 0 Å². The number of rotatable bonds is 7. The number of pyridine rings is 1. The minimum atomic E-state index is -0.280. The van der Waals surface area contributed by atoms with Crippen molar-refractivity contribution in [1.29, 1.82) is 0 Å². The Balaban J connectivity index is 1.37. The van der Waals surface area contributed by atoms with Crippen LogP contribution in [-0.4, -0.2) is 44.7 Å². The van der Waals surface area contributed by atoms with Crippen molar-refractivity contribution in [1.82, 2.24) is 25.1 Å². The maximum Gasteiger partial charge on any atom is 0.123 e. The highest BCUT2D eigenvalue weighted by Crippen LogP contribution is 2.34. The predicted molar refractivity (Wildman–Crippen MR) is 159 cm³/mol. The van der Waals surface area contributed by atoms with E-state index in [-0.39, 0.29) is 5.82 Å². The molecule has 0 unspecified atom stereocenters. The number of hydrogen-bond donors (Lipinski definition) is 2. The lowest BCUT2D eigenvalue weighted by Crippen LogP contribution is -2.31. The Morgan fingerprint density at radius 3 is 2.64 bits per heavy atom. The number of aromatic nitrogens is 4. The normalized spacial score (nSPS) is 15.3. The number of benzene rings is 2. The zero-order chi connectivity index (χ0) is 26.8. The highest BCUT2D eigenvalue weighted by Gasteiger charge is 2.16. The Morgan fingerprint density at radius 2 is 1.85 bits per heavy atom. The summed E-state index contributed by atoms with van der Waals surface area (Å²) in [6, 6.07) is 16.9. The smallest absolute Gasteiger partial charge is 0.123 e. The van der Waals surface area contributed by atoms with Crippen molar-refractivity contribution < 1.29 is 4.39 Å². The first-order valence-corrected chi connectivity index (χ1v) is 13.6. The second-order valence-electron chi connectivity index (χ2n) is 10.2. The lowest BCUT2D eigenvalue weighted by atomic mass is 9.99. The molecule has 3 aromatic heterocycles. The molecule has 196 valence electrons. The van der Waals surface area contributed by atoms with Crippen LogP contribution in [0.3, 0.4) is 0 Å². The summed E-state index contributed by atoms with van der Waals surface area (Å²) < 4.78 is 13.9. The van der Waals surface area contributed by atoms with E-state index in [1.165, 1.54) is 37.0 Å². The van der Waals surface area contributed by atoms with Crippen LogP contribution in [0.1, 0.15) is 31.7 Å². The fraction of sp³-hybridized carbons (Fsp3) is 0.212. The molecule has 2 aromatic carbocycles. The molecule has 0 aliphatic carbocycles. The summed E-state index contributed by atoms with van der Waals surface area (Å²) in [7, 11) is 0. The first-order chi connectivity index (χ1) is 19.1. The summed E-state index contributed by atoms with van der Waals surface area (Å²) in [6.45, 7) is 9.40. The number of H-pyrrole nitrogens is 2. The number of piperidine rings is 1. The quantitative estimate of drug-likeness (QED) is 0.216. The number of nitrogens with zero attached hydrogens (tertiary/aromatic N) is 3. The van der Waals surface area contributed by atoms with E-state index in [1.807, 2.05) is 18.2 Å². The number of nitrogens with one attached hydrogen (secondary N) is 2. The van der Waals surface area contributed by atoms with E-state index in [4.69, 9.17) is 0 Å². The third-order valence-electron chi connectivity index (χ3n) is 7.57. The summed E-state index contributed by atoms with van der Waals surface area (Å²) in [4.78, 5) is 10.6. The number of likely N-dealkylation sites (tertiary alicyclic amines) is 1. The Labute approximate surface area is 227 Å². The van der Waals surface area contributed by atoms with Crippen LogP contribution in [0.25, 0.3) is 50.0 Å². The number of aromatic amines is 2. The van der Waals surface area contributed by atoms with Crippen LogP contribution in [0.4, 0.5) is 4.39 Å². The molecular weight excluding hydrogens is 485 g/mol. The average Bonchev–Trinajstić information content (AvgIpc) is 3.59. The Kier molecular flexibility index (Phi) is 6.95. The number of allylic oxidation sites excluding steroid dienone is 3. The molecule has 0 bridgehead atoms. The van der Waals surface area contributed by atoms with Gasteiger partial charge in [-0.2, -0.15) is 5.10 Å². The molecule has 39 heavy (non-hydrogen) atoms. The van der Waals surface area contributed by atoms with Gasteiger partial charge in [-0.05, 0) is 86.0 Å². The van der Waals surface area contributed by atoms with Gasteiger partial charge in [-0.3, -0.25) is 15.0 Å². The van der Waals surface area contributed by atoms with Gasteiger partial charge in [0.15, 0.2) is 0 Å².